The number of hydrogen-bond acceptors (Lipinski definition) is 8. The molecular weight excluding hydrogens is 516 g/mol. The van der Waals surface area contributed by atoms with Crippen molar-refractivity contribution in [2.45, 2.75) is 70.7 Å². The van der Waals surface area contributed by atoms with Gasteiger partial charge >= 0.3 is 12.1 Å². The molecule has 3 N–H and O–H groups in total. The molecule has 1 fully saturated rings. The van der Waals surface area contributed by atoms with E-state index in [2.05, 4.69) is 16.1 Å². The van der Waals surface area contributed by atoms with E-state index in [1.807, 2.05) is 6.07 Å². The van der Waals surface area contributed by atoms with Crippen molar-refractivity contribution in [3.8, 4) is 0 Å². The van der Waals surface area contributed by atoms with Crippen molar-refractivity contribution in [3.63, 3.8) is 0 Å². The number of ether oxygens (including phenoxy) is 1. The number of likely N-dealkylation sites (tertiary alicyclic amines) is 1. The highest BCUT2D eigenvalue weighted by molar-refractivity contribution is 6.02. The molecule has 11 heteroatoms. The highest BCUT2D eigenvalue weighted by atomic mass is 16.7. The summed E-state index contributed by atoms with van der Waals surface area (Å²) in [6, 6.07) is 14.4. The molecule has 0 radical (unpaired) electrons. The van der Waals surface area contributed by atoms with Crippen LogP contribution in [0.3, 0.4) is 0 Å². The van der Waals surface area contributed by atoms with E-state index < -0.39 is 53.5 Å². The van der Waals surface area contributed by atoms with Crippen LogP contribution in [0.15, 0.2) is 60.7 Å². The zero-order chi connectivity index (χ0) is 29.3. The first-order valence-electron chi connectivity index (χ1n) is 13.1. The van der Waals surface area contributed by atoms with E-state index in [0.717, 1.165) is 5.56 Å². The van der Waals surface area contributed by atoms with Crippen LogP contribution in [0.5, 0.6) is 0 Å². The maximum atomic E-state index is 13.2. The maximum absolute atomic E-state index is 13.2. The van der Waals surface area contributed by atoms with Gasteiger partial charge < -0.3 is 19.8 Å². The highest BCUT2D eigenvalue weighted by Gasteiger charge is 2.38. The summed E-state index contributed by atoms with van der Waals surface area (Å²) in [6.07, 6.45) is 0.289. The van der Waals surface area contributed by atoms with Crippen LogP contribution >= 0.6 is 0 Å². The summed E-state index contributed by atoms with van der Waals surface area (Å²) >= 11 is 0. The normalized spacial score (nSPS) is 16.4. The van der Waals surface area contributed by atoms with Gasteiger partial charge in [0.25, 0.3) is 0 Å². The van der Waals surface area contributed by atoms with Crippen molar-refractivity contribution < 1.29 is 33.5 Å². The molecule has 0 aliphatic carbocycles. The average molecular weight is 553 g/mol. The molecule has 0 unspecified atom stereocenters. The number of nitrogens with one attached hydrogen (secondary N) is 3. The number of carbonyl (C=O) groups excluding carboxylic acids is 5. The van der Waals surface area contributed by atoms with Crippen molar-refractivity contribution in [3.05, 3.63) is 71.8 Å². The van der Waals surface area contributed by atoms with Gasteiger partial charge in [0.1, 0.15) is 23.7 Å². The standard InChI is InChI=1S/C29H36N4O7/c1-19(30-28(38)39-29(2,3)4)26(36)33-17-11-16-23(33)25(35)31-24(34)22(18-20-12-7-5-8-13-20)32-40-27(37)21-14-9-6-10-15-21/h5-10,12-15,19,22-23,32H,11,16-18H2,1-4H3,(H,30,38)(H,31,34,35)/t19-,22-,23-/m0/s1. The molecule has 11 nitrogen and oxygen atoms in total. The molecule has 2 aromatic rings. The second-order valence-corrected chi connectivity index (χ2v) is 10.5. The lowest BCUT2D eigenvalue weighted by atomic mass is 10.1. The smallest absolute Gasteiger partial charge is 0.408 e. The fourth-order valence-corrected chi connectivity index (χ4v) is 4.19. The minimum absolute atomic E-state index is 0.131. The molecule has 40 heavy (non-hydrogen) atoms. The monoisotopic (exact) mass is 552 g/mol. The van der Waals surface area contributed by atoms with E-state index in [4.69, 9.17) is 9.57 Å². The predicted molar refractivity (Wildman–Crippen MR) is 146 cm³/mol. The van der Waals surface area contributed by atoms with E-state index in [1.165, 1.54) is 11.8 Å². The van der Waals surface area contributed by atoms with Crippen molar-refractivity contribution in [1.29, 1.82) is 0 Å². The quantitative estimate of drug-likeness (QED) is 0.403. The number of hydroxylamine groups is 1. The Morgan fingerprint density at radius 2 is 1.60 bits per heavy atom. The number of benzene rings is 2. The van der Waals surface area contributed by atoms with Crippen molar-refractivity contribution >= 4 is 29.8 Å². The molecule has 0 aromatic heterocycles. The van der Waals surface area contributed by atoms with Crippen LogP contribution in [-0.2, 0) is 30.4 Å². The summed E-state index contributed by atoms with van der Waals surface area (Å²) in [5, 5.41) is 4.85. The number of hydrogen-bond donors (Lipinski definition) is 3. The molecule has 1 aliphatic heterocycles. The Labute approximate surface area is 233 Å². The van der Waals surface area contributed by atoms with Crippen LogP contribution in [0.1, 0.15) is 56.5 Å². The SMILES string of the molecule is C[C@H](NC(=O)OC(C)(C)C)C(=O)N1CCC[C@H]1C(=O)NC(=O)[C@H](Cc1ccccc1)NOC(=O)c1ccccc1. The summed E-state index contributed by atoms with van der Waals surface area (Å²) in [5.41, 5.74) is 2.83. The molecule has 1 saturated heterocycles. The van der Waals surface area contributed by atoms with Crippen LogP contribution < -0.4 is 16.1 Å². The van der Waals surface area contributed by atoms with E-state index in [-0.39, 0.29) is 6.42 Å². The lowest BCUT2D eigenvalue weighted by molar-refractivity contribution is -0.142. The first kappa shape index (κ1) is 30.3. The van der Waals surface area contributed by atoms with Gasteiger partial charge in [-0.15, -0.1) is 5.48 Å². The van der Waals surface area contributed by atoms with Crippen LogP contribution in [-0.4, -0.2) is 65.0 Å². The summed E-state index contributed by atoms with van der Waals surface area (Å²) in [7, 11) is 0. The summed E-state index contributed by atoms with van der Waals surface area (Å²) in [4.78, 5) is 70.4. The summed E-state index contributed by atoms with van der Waals surface area (Å²) in [5.74, 6) is -2.52. The molecule has 3 atom stereocenters. The Kier molecular flexibility index (Phi) is 10.4. The third-order valence-corrected chi connectivity index (χ3v) is 6.09. The van der Waals surface area contributed by atoms with Crippen molar-refractivity contribution in [2.75, 3.05) is 6.54 Å². The number of imide groups is 1. The van der Waals surface area contributed by atoms with Gasteiger partial charge in [0.05, 0.1) is 5.56 Å². The summed E-state index contributed by atoms with van der Waals surface area (Å²) in [6.45, 7) is 6.93. The van der Waals surface area contributed by atoms with Gasteiger partial charge in [0.15, 0.2) is 0 Å². The molecular formula is C29H36N4O7. The van der Waals surface area contributed by atoms with E-state index in [9.17, 15) is 24.0 Å². The first-order valence-corrected chi connectivity index (χ1v) is 13.1. The Balaban J connectivity index is 1.65. The van der Waals surface area contributed by atoms with Crippen LogP contribution in [0.25, 0.3) is 0 Å². The Morgan fingerprint density at radius 3 is 2.23 bits per heavy atom. The zero-order valence-corrected chi connectivity index (χ0v) is 23.1. The minimum atomic E-state index is -1.09. The van der Waals surface area contributed by atoms with Crippen LogP contribution in [0, 0.1) is 0 Å². The number of rotatable bonds is 9. The summed E-state index contributed by atoms with van der Waals surface area (Å²) < 4.78 is 5.20. The van der Waals surface area contributed by atoms with Crippen molar-refractivity contribution in [1.82, 2.24) is 21.0 Å². The van der Waals surface area contributed by atoms with Gasteiger partial charge in [-0.2, -0.15) is 0 Å². The Bertz CT molecular complexity index is 1200. The molecule has 3 rings (SSSR count). The second-order valence-electron chi connectivity index (χ2n) is 10.5. The third-order valence-electron chi connectivity index (χ3n) is 6.09. The van der Waals surface area contributed by atoms with Crippen molar-refractivity contribution in [2.24, 2.45) is 0 Å². The topological polar surface area (TPSA) is 143 Å². The van der Waals surface area contributed by atoms with Gasteiger partial charge in [-0.25, -0.2) is 9.59 Å². The minimum Gasteiger partial charge on any atom is -0.444 e. The first-order chi connectivity index (χ1) is 18.9. The molecule has 0 spiro atoms. The van der Waals surface area contributed by atoms with E-state index in [1.54, 1.807) is 75.4 Å². The van der Waals surface area contributed by atoms with Crippen LogP contribution in [0.4, 0.5) is 4.79 Å². The van der Waals surface area contributed by atoms with E-state index in [0.29, 0.717) is 24.9 Å². The Hall–Kier alpha value is -4.25. The predicted octanol–water partition coefficient (Wildman–Crippen LogP) is 2.51. The number of nitrogens with zero attached hydrogens (tertiary/aromatic N) is 1. The molecule has 4 amide bonds. The van der Waals surface area contributed by atoms with Gasteiger partial charge in [0.2, 0.25) is 17.7 Å². The maximum Gasteiger partial charge on any atom is 0.408 e. The second kappa shape index (κ2) is 13.7. The largest absolute Gasteiger partial charge is 0.444 e. The highest BCUT2D eigenvalue weighted by Crippen LogP contribution is 2.19. The lowest BCUT2D eigenvalue weighted by Crippen LogP contribution is -2.55. The number of amides is 4. The number of carbonyl (C=O) groups is 5. The fourth-order valence-electron chi connectivity index (χ4n) is 4.19. The average Bonchev–Trinajstić information content (AvgIpc) is 3.40. The fraction of sp³-hybridized carbons (Fsp3) is 0.414. The molecule has 214 valence electrons. The van der Waals surface area contributed by atoms with Gasteiger partial charge in [-0.1, -0.05) is 48.5 Å². The molecule has 1 heterocycles. The van der Waals surface area contributed by atoms with Gasteiger partial charge in [0, 0.05) is 6.54 Å². The van der Waals surface area contributed by atoms with Gasteiger partial charge in [-0.05, 0) is 64.7 Å². The molecule has 0 saturated carbocycles. The number of alkyl carbamates (subject to hydrolysis) is 1. The third kappa shape index (κ3) is 8.91. The van der Waals surface area contributed by atoms with Gasteiger partial charge in [-0.3, -0.25) is 19.7 Å². The molecule has 0 bridgehead atoms. The molecule has 1 aliphatic rings. The zero-order valence-electron chi connectivity index (χ0n) is 23.1. The molecule has 2 aromatic carbocycles. The lowest BCUT2D eigenvalue weighted by Gasteiger charge is -2.28. The van der Waals surface area contributed by atoms with E-state index >= 15 is 0 Å². The Morgan fingerprint density at radius 1 is 0.975 bits per heavy atom. The van der Waals surface area contributed by atoms with Crippen LogP contribution in [0.2, 0.25) is 0 Å².